The van der Waals surface area contributed by atoms with E-state index in [1.807, 2.05) is 12.4 Å². The van der Waals surface area contributed by atoms with Crippen molar-refractivity contribution in [3.63, 3.8) is 0 Å². The van der Waals surface area contributed by atoms with Crippen LogP contribution in [0.1, 0.15) is 39.2 Å². The van der Waals surface area contributed by atoms with Gasteiger partial charge in [-0.05, 0) is 30.9 Å². The number of hydrogen-bond acceptors (Lipinski definition) is 3. The Kier molecular flexibility index (Phi) is 4.23. The molecule has 1 aromatic rings. The predicted octanol–water partition coefficient (Wildman–Crippen LogP) is 2.82. The summed E-state index contributed by atoms with van der Waals surface area (Å²) in [6.45, 7) is 11.1. The lowest BCUT2D eigenvalue weighted by Crippen LogP contribution is -2.40. The van der Waals surface area contributed by atoms with Crippen LogP contribution in [0, 0.1) is 5.41 Å². The van der Waals surface area contributed by atoms with Crippen molar-refractivity contribution in [2.45, 2.75) is 40.2 Å². The lowest BCUT2D eigenvalue weighted by atomic mass is 9.84. The average Bonchev–Trinajstić information content (AvgIpc) is 2.35. The molecule has 2 rings (SSSR count). The molecule has 1 fully saturated rings. The molecule has 0 aromatic carbocycles. The van der Waals surface area contributed by atoms with Crippen LogP contribution in [0.2, 0.25) is 0 Å². The van der Waals surface area contributed by atoms with Gasteiger partial charge in [-0.3, -0.25) is 4.98 Å². The number of pyridine rings is 1. The van der Waals surface area contributed by atoms with Crippen molar-refractivity contribution in [2.75, 3.05) is 24.5 Å². The Hall–Kier alpha value is -1.09. The fourth-order valence-corrected chi connectivity index (χ4v) is 2.75. The van der Waals surface area contributed by atoms with Gasteiger partial charge in [-0.15, -0.1) is 0 Å². The number of aromatic nitrogens is 1. The maximum absolute atomic E-state index is 4.26. The number of nitrogens with zero attached hydrogens (tertiary/aromatic N) is 2. The van der Waals surface area contributed by atoms with Gasteiger partial charge in [0.2, 0.25) is 0 Å². The molecule has 1 N–H and O–H groups in total. The van der Waals surface area contributed by atoms with Gasteiger partial charge in [-0.25, -0.2) is 0 Å². The Morgan fingerprint density at radius 3 is 3.00 bits per heavy atom. The normalized spacial score (nSPS) is 18.9. The van der Waals surface area contributed by atoms with Gasteiger partial charge in [0.25, 0.3) is 0 Å². The standard InChI is InChI=1S/C15H25N3/c1-4-16-10-13-11-17-8-6-14(13)18-9-5-7-15(2,3)12-18/h6,8,11,16H,4-5,7,9-10,12H2,1-3H3. The number of nitrogens with one attached hydrogen (secondary N) is 1. The van der Waals surface area contributed by atoms with Crippen molar-refractivity contribution in [1.29, 1.82) is 0 Å². The number of hydrogen-bond donors (Lipinski definition) is 1. The Balaban J connectivity index is 2.16. The topological polar surface area (TPSA) is 28.2 Å². The Labute approximate surface area is 111 Å². The molecule has 1 aromatic heterocycles. The molecular formula is C15H25N3. The van der Waals surface area contributed by atoms with Crippen molar-refractivity contribution >= 4 is 5.69 Å². The summed E-state index contributed by atoms with van der Waals surface area (Å²) in [6.07, 6.45) is 6.53. The Bertz CT molecular complexity index is 387. The van der Waals surface area contributed by atoms with Crippen molar-refractivity contribution in [3.05, 3.63) is 24.0 Å². The zero-order valence-electron chi connectivity index (χ0n) is 11.9. The highest BCUT2D eigenvalue weighted by atomic mass is 15.1. The summed E-state index contributed by atoms with van der Waals surface area (Å²) in [5.41, 5.74) is 3.10. The second kappa shape index (κ2) is 5.70. The van der Waals surface area contributed by atoms with Gasteiger partial charge in [0.15, 0.2) is 0 Å². The molecule has 2 heterocycles. The van der Waals surface area contributed by atoms with Crippen LogP contribution in [0.25, 0.3) is 0 Å². The number of rotatable bonds is 4. The maximum Gasteiger partial charge on any atom is 0.0443 e. The summed E-state index contributed by atoms with van der Waals surface area (Å²) < 4.78 is 0. The van der Waals surface area contributed by atoms with E-state index in [9.17, 15) is 0 Å². The SMILES string of the molecule is CCNCc1cnccc1N1CCCC(C)(C)C1. The largest absolute Gasteiger partial charge is 0.371 e. The zero-order chi connectivity index (χ0) is 13.0. The van der Waals surface area contributed by atoms with Crippen molar-refractivity contribution < 1.29 is 0 Å². The Morgan fingerprint density at radius 1 is 1.44 bits per heavy atom. The second-order valence-corrected chi connectivity index (χ2v) is 5.97. The molecule has 3 heteroatoms. The van der Waals surface area contributed by atoms with E-state index in [1.165, 1.54) is 30.6 Å². The summed E-state index contributed by atoms with van der Waals surface area (Å²) in [5.74, 6) is 0. The quantitative estimate of drug-likeness (QED) is 0.887. The first kappa shape index (κ1) is 13.3. The number of anilines is 1. The third-order valence-electron chi connectivity index (χ3n) is 3.68. The first-order chi connectivity index (χ1) is 8.62. The van der Waals surface area contributed by atoms with E-state index in [0.717, 1.165) is 19.6 Å². The van der Waals surface area contributed by atoms with E-state index >= 15 is 0 Å². The van der Waals surface area contributed by atoms with Crippen LogP contribution in [0.5, 0.6) is 0 Å². The van der Waals surface area contributed by atoms with E-state index in [4.69, 9.17) is 0 Å². The first-order valence-corrected chi connectivity index (χ1v) is 7.01. The first-order valence-electron chi connectivity index (χ1n) is 7.01. The van der Waals surface area contributed by atoms with Gasteiger partial charge in [0.1, 0.15) is 0 Å². The molecule has 1 aliphatic rings. The molecule has 1 aliphatic heterocycles. The summed E-state index contributed by atoms with van der Waals surface area (Å²) in [6, 6.07) is 2.16. The molecule has 0 saturated carbocycles. The van der Waals surface area contributed by atoms with Crippen LogP contribution < -0.4 is 10.2 Å². The van der Waals surface area contributed by atoms with E-state index in [1.54, 1.807) is 0 Å². The molecule has 3 nitrogen and oxygen atoms in total. The van der Waals surface area contributed by atoms with Gasteiger partial charge in [-0.2, -0.15) is 0 Å². The molecule has 100 valence electrons. The van der Waals surface area contributed by atoms with Gasteiger partial charge in [-0.1, -0.05) is 20.8 Å². The summed E-state index contributed by atoms with van der Waals surface area (Å²) in [5, 5.41) is 3.40. The zero-order valence-corrected chi connectivity index (χ0v) is 11.9. The van der Waals surface area contributed by atoms with E-state index in [2.05, 4.69) is 42.0 Å². The highest BCUT2D eigenvalue weighted by molar-refractivity contribution is 5.52. The van der Waals surface area contributed by atoms with Crippen LogP contribution in [0.4, 0.5) is 5.69 Å². The molecule has 0 amide bonds. The fourth-order valence-electron chi connectivity index (χ4n) is 2.75. The summed E-state index contributed by atoms with van der Waals surface area (Å²) in [4.78, 5) is 6.79. The lowest BCUT2D eigenvalue weighted by molar-refractivity contribution is 0.293. The van der Waals surface area contributed by atoms with Crippen LogP contribution >= 0.6 is 0 Å². The number of piperidine rings is 1. The van der Waals surface area contributed by atoms with Gasteiger partial charge in [0.05, 0.1) is 0 Å². The summed E-state index contributed by atoms with van der Waals surface area (Å²) in [7, 11) is 0. The van der Waals surface area contributed by atoms with Gasteiger partial charge >= 0.3 is 0 Å². The van der Waals surface area contributed by atoms with Gasteiger partial charge in [0, 0.05) is 43.3 Å². The molecular weight excluding hydrogens is 222 g/mol. The minimum atomic E-state index is 0.428. The minimum absolute atomic E-state index is 0.428. The van der Waals surface area contributed by atoms with Crippen LogP contribution in [0.15, 0.2) is 18.5 Å². The third kappa shape index (κ3) is 3.22. The second-order valence-electron chi connectivity index (χ2n) is 5.97. The highest BCUT2D eigenvalue weighted by Gasteiger charge is 2.27. The molecule has 0 unspecified atom stereocenters. The molecule has 18 heavy (non-hydrogen) atoms. The molecule has 0 aliphatic carbocycles. The molecule has 0 spiro atoms. The maximum atomic E-state index is 4.26. The molecule has 0 atom stereocenters. The summed E-state index contributed by atoms with van der Waals surface area (Å²) >= 11 is 0. The smallest absolute Gasteiger partial charge is 0.0443 e. The van der Waals surface area contributed by atoms with Crippen molar-refractivity contribution in [2.24, 2.45) is 5.41 Å². The molecule has 0 radical (unpaired) electrons. The minimum Gasteiger partial charge on any atom is -0.371 e. The predicted molar refractivity (Wildman–Crippen MR) is 76.8 cm³/mol. The molecule has 0 bridgehead atoms. The van der Waals surface area contributed by atoms with Crippen molar-refractivity contribution in [1.82, 2.24) is 10.3 Å². The van der Waals surface area contributed by atoms with Gasteiger partial charge < -0.3 is 10.2 Å². The Morgan fingerprint density at radius 2 is 2.28 bits per heavy atom. The van der Waals surface area contributed by atoms with Crippen LogP contribution in [-0.2, 0) is 6.54 Å². The van der Waals surface area contributed by atoms with Crippen LogP contribution in [-0.4, -0.2) is 24.6 Å². The van der Waals surface area contributed by atoms with E-state index < -0.39 is 0 Å². The third-order valence-corrected chi connectivity index (χ3v) is 3.68. The van der Waals surface area contributed by atoms with E-state index in [0.29, 0.717) is 5.41 Å². The van der Waals surface area contributed by atoms with E-state index in [-0.39, 0.29) is 0 Å². The monoisotopic (exact) mass is 247 g/mol. The average molecular weight is 247 g/mol. The fraction of sp³-hybridized carbons (Fsp3) is 0.667. The van der Waals surface area contributed by atoms with Crippen molar-refractivity contribution in [3.8, 4) is 0 Å². The van der Waals surface area contributed by atoms with Crippen LogP contribution in [0.3, 0.4) is 0 Å². The molecule has 1 saturated heterocycles. The highest BCUT2D eigenvalue weighted by Crippen LogP contribution is 2.32. The lowest BCUT2D eigenvalue weighted by Gasteiger charge is -2.40.